The summed E-state index contributed by atoms with van der Waals surface area (Å²) in [5.41, 5.74) is 1.27. The fourth-order valence-corrected chi connectivity index (χ4v) is 2.99. The zero-order chi connectivity index (χ0) is 21.8. The Morgan fingerprint density at radius 3 is 2.10 bits per heavy atom. The highest BCUT2D eigenvalue weighted by molar-refractivity contribution is 6.09. The maximum atomic E-state index is 12.6. The molecular formula is C27H36O3. The van der Waals surface area contributed by atoms with Gasteiger partial charge in [0.2, 0.25) is 0 Å². The van der Waals surface area contributed by atoms with E-state index < -0.39 is 5.60 Å². The minimum absolute atomic E-state index is 0.0262. The van der Waals surface area contributed by atoms with E-state index in [9.17, 15) is 9.59 Å². The molecular weight excluding hydrogens is 372 g/mol. The first-order chi connectivity index (χ1) is 14.4. The third-order valence-corrected chi connectivity index (χ3v) is 5.47. The van der Waals surface area contributed by atoms with Crippen molar-refractivity contribution in [2.24, 2.45) is 0 Å². The molecule has 0 radical (unpaired) electrons. The third kappa shape index (κ3) is 7.87. The Labute approximate surface area is 181 Å². The average Bonchev–Trinajstić information content (AvgIpc) is 2.70. The molecule has 2 aromatic carbocycles. The smallest absolute Gasteiger partial charge is 0.193 e. The summed E-state index contributed by atoms with van der Waals surface area (Å²) in [6.45, 7) is 6.37. The highest BCUT2D eigenvalue weighted by atomic mass is 16.5. The SMILES string of the molecule is C1CCC1.CCCCCOC(C)(C)C(=O)Cc1cccc(C(=O)c2ccccc2)c1. The van der Waals surface area contributed by atoms with Gasteiger partial charge < -0.3 is 4.74 Å². The molecule has 0 atom stereocenters. The van der Waals surface area contributed by atoms with Gasteiger partial charge in [0.15, 0.2) is 11.6 Å². The second kappa shape index (κ2) is 12.4. The molecule has 2 aromatic rings. The Balaban J connectivity index is 0.000000713. The van der Waals surface area contributed by atoms with Crippen molar-refractivity contribution in [2.75, 3.05) is 6.61 Å². The van der Waals surface area contributed by atoms with Gasteiger partial charge in [0.25, 0.3) is 0 Å². The second-order valence-electron chi connectivity index (χ2n) is 8.48. The highest BCUT2D eigenvalue weighted by Crippen LogP contribution is 2.18. The number of unbranched alkanes of at least 4 members (excludes halogenated alkanes) is 2. The van der Waals surface area contributed by atoms with Crippen molar-refractivity contribution in [2.45, 2.75) is 77.7 Å². The molecule has 0 N–H and O–H groups in total. The van der Waals surface area contributed by atoms with E-state index in [1.165, 1.54) is 25.7 Å². The number of Topliss-reactive ketones (excluding diaryl/α,β-unsaturated/α-hetero) is 1. The second-order valence-corrected chi connectivity index (χ2v) is 8.48. The first-order valence-corrected chi connectivity index (χ1v) is 11.3. The van der Waals surface area contributed by atoms with Gasteiger partial charge in [0.05, 0.1) is 0 Å². The summed E-state index contributed by atoms with van der Waals surface area (Å²) in [6, 6.07) is 16.5. The number of carbonyl (C=O) groups is 2. The Hall–Kier alpha value is -2.26. The maximum Gasteiger partial charge on any atom is 0.193 e. The Bertz CT molecular complexity index is 785. The predicted molar refractivity (Wildman–Crippen MR) is 123 cm³/mol. The molecule has 1 fully saturated rings. The van der Waals surface area contributed by atoms with E-state index in [1.807, 2.05) is 44.2 Å². The lowest BCUT2D eigenvalue weighted by molar-refractivity contribution is -0.139. The largest absolute Gasteiger partial charge is 0.368 e. The number of ketones is 2. The van der Waals surface area contributed by atoms with Crippen LogP contribution in [0.1, 0.15) is 87.2 Å². The third-order valence-electron chi connectivity index (χ3n) is 5.47. The van der Waals surface area contributed by atoms with Crippen molar-refractivity contribution in [3.63, 3.8) is 0 Å². The normalized spacial score (nSPS) is 13.0. The maximum absolute atomic E-state index is 12.6. The van der Waals surface area contributed by atoms with Crippen molar-refractivity contribution in [1.82, 2.24) is 0 Å². The molecule has 0 spiro atoms. The molecule has 0 aromatic heterocycles. The number of rotatable bonds is 10. The number of hydrogen-bond acceptors (Lipinski definition) is 3. The monoisotopic (exact) mass is 408 g/mol. The van der Waals surface area contributed by atoms with E-state index in [-0.39, 0.29) is 18.0 Å². The van der Waals surface area contributed by atoms with E-state index in [0.717, 1.165) is 24.8 Å². The van der Waals surface area contributed by atoms with E-state index in [4.69, 9.17) is 4.74 Å². The lowest BCUT2D eigenvalue weighted by atomic mass is 9.94. The molecule has 1 aliphatic rings. The molecule has 3 rings (SSSR count). The molecule has 0 unspecified atom stereocenters. The lowest BCUT2D eigenvalue weighted by Gasteiger charge is -2.24. The lowest BCUT2D eigenvalue weighted by Crippen LogP contribution is -2.36. The average molecular weight is 409 g/mol. The van der Waals surface area contributed by atoms with Crippen LogP contribution in [-0.4, -0.2) is 23.8 Å². The fourth-order valence-electron chi connectivity index (χ4n) is 2.99. The van der Waals surface area contributed by atoms with Gasteiger partial charge in [-0.05, 0) is 31.9 Å². The van der Waals surface area contributed by atoms with Gasteiger partial charge in [-0.1, -0.05) is 94.0 Å². The van der Waals surface area contributed by atoms with Crippen LogP contribution in [-0.2, 0) is 16.0 Å². The highest BCUT2D eigenvalue weighted by Gasteiger charge is 2.28. The van der Waals surface area contributed by atoms with Gasteiger partial charge in [0, 0.05) is 24.2 Å². The minimum atomic E-state index is -0.812. The Morgan fingerprint density at radius 2 is 1.50 bits per heavy atom. The molecule has 0 amide bonds. The number of carbonyl (C=O) groups excluding carboxylic acids is 2. The van der Waals surface area contributed by atoms with Crippen LogP contribution in [0.4, 0.5) is 0 Å². The number of ether oxygens (including phenoxy) is 1. The van der Waals surface area contributed by atoms with Gasteiger partial charge in [-0.15, -0.1) is 0 Å². The van der Waals surface area contributed by atoms with E-state index in [0.29, 0.717) is 17.7 Å². The molecule has 0 saturated heterocycles. The van der Waals surface area contributed by atoms with Crippen molar-refractivity contribution in [3.05, 3.63) is 71.3 Å². The summed E-state index contributed by atoms with van der Waals surface area (Å²) in [4.78, 5) is 25.2. The Morgan fingerprint density at radius 1 is 0.867 bits per heavy atom. The molecule has 3 nitrogen and oxygen atoms in total. The first-order valence-electron chi connectivity index (χ1n) is 11.3. The van der Waals surface area contributed by atoms with Crippen LogP contribution in [0.2, 0.25) is 0 Å². The van der Waals surface area contributed by atoms with Gasteiger partial charge in [-0.3, -0.25) is 9.59 Å². The topological polar surface area (TPSA) is 43.4 Å². The predicted octanol–water partition coefficient (Wildman–Crippen LogP) is 6.58. The standard InChI is InChI=1S/C23H28O3.C4H8/c1-4-5-9-15-26-23(2,3)21(24)17-18-11-10-14-20(16-18)22(25)19-12-7-6-8-13-19;1-2-4-3-1/h6-8,10-14,16H,4-5,9,15,17H2,1-3H3;1-4H2. The number of benzene rings is 2. The summed E-state index contributed by atoms with van der Waals surface area (Å²) >= 11 is 0. The summed E-state index contributed by atoms with van der Waals surface area (Å²) in [5, 5.41) is 0. The number of hydrogen-bond donors (Lipinski definition) is 0. The molecule has 162 valence electrons. The molecule has 1 saturated carbocycles. The van der Waals surface area contributed by atoms with Gasteiger partial charge >= 0.3 is 0 Å². The first kappa shape index (κ1) is 24.0. The van der Waals surface area contributed by atoms with Gasteiger partial charge in [-0.25, -0.2) is 0 Å². The van der Waals surface area contributed by atoms with Crippen molar-refractivity contribution in [3.8, 4) is 0 Å². The van der Waals surface area contributed by atoms with E-state index in [2.05, 4.69) is 6.92 Å². The zero-order valence-corrected chi connectivity index (χ0v) is 18.8. The van der Waals surface area contributed by atoms with Crippen LogP contribution in [0, 0.1) is 0 Å². The molecule has 0 bridgehead atoms. The minimum Gasteiger partial charge on any atom is -0.368 e. The van der Waals surface area contributed by atoms with Crippen molar-refractivity contribution in [1.29, 1.82) is 0 Å². The quantitative estimate of drug-likeness (QED) is 0.330. The van der Waals surface area contributed by atoms with Crippen LogP contribution in [0.25, 0.3) is 0 Å². The zero-order valence-electron chi connectivity index (χ0n) is 18.8. The van der Waals surface area contributed by atoms with Crippen LogP contribution in [0.15, 0.2) is 54.6 Å². The van der Waals surface area contributed by atoms with Gasteiger partial charge in [0.1, 0.15) is 5.60 Å². The summed E-state index contributed by atoms with van der Waals surface area (Å²) in [5.74, 6) is -0.00622. The van der Waals surface area contributed by atoms with E-state index >= 15 is 0 Å². The van der Waals surface area contributed by atoms with Gasteiger partial charge in [-0.2, -0.15) is 0 Å². The Kier molecular flexibility index (Phi) is 9.96. The molecule has 30 heavy (non-hydrogen) atoms. The fraction of sp³-hybridized carbons (Fsp3) is 0.481. The van der Waals surface area contributed by atoms with Crippen LogP contribution in [0.5, 0.6) is 0 Å². The van der Waals surface area contributed by atoms with Crippen LogP contribution < -0.4 is 0 Å². The molecule has 0 heterocycles. The molecule has 3 heteroatoms. The van der Waals surface area contributed by atoms with Crippen molar-refractivity contribution >= 4 is 11.6 Å². The van der Waals surface area contributed by atoms with Crippen LogP contribution in [0.3, 0.4) is 0 Å². The van der Waals surface area contributed by atoms with Crippen LogP contribution >= 0.6 is 0 Å². The van der Waals surface area contributed by atoms with E-state index in [1.54, 1.807) is 24.3 Å². The molecule has 1 aliphatic carbocycles. The summed E-state index contributed by atoms with van der Waals surface area (Å²) in [7, 11) is 0. The molecule has 0 aliphatic heterocycles. The summed E-state index contributed by atoms with van der Waals surface area (Å²) < 4.78 is 5.80. The van der Waals surface area contributed by atoms with Crippen molar-refractivity contribution < 1.29 is 14.3 Å². The summed E-state index contributed by atoms with van der Waals surface area (Å²) in [6.07, 6.45) is 9.46.